The van der Waals surface area contributed by atoms with Crippen LogP contribution in [0.5, 0.6) is 0 Å². The van der Waals surface area contributed by atoms with Crippen molar-refractivity contribution in [3.8, 4) is 0 Å². The molecule has 1 unspecified atom stereocenters. The van der Waals surface area contributed by atoms with Gasteiger partial charge in [-0.1, -0.05) is 11.6 Å². The number of carbonyl (C=O) groups is 1. The summed E-state index contributed by atoms with van der Waals surface area (Å²) in [6, 6.07) is 7.19. The summed E-state index contributed by atoms with van der Waals surface area (Å²) in [4.78, 5) is 13.5. The van der Waals surface area contributed by atoms with Crippen LogP contribution in [0.2, 0.25) is 5.02 Å². The number of carbonyl (C=O) groups excluding carboxylic acids is 1. The zero-order valence-corrected chi connectivity index (χ0v) is 10.8. The average Bonchev–Trinajstić information content (AvgIpc) is 2.39. The van der Waals surface area contributed by atoms with Gasteiger partial charge < -0.3 is 14.7 Å². The number of aliphatic hydroxyl groups is 1. The van der Waals surface area contributed by atoms with E-state index in [1.165, 1.54) is 0 Å². The second-order valence-corrected chi connectivity index (χ2v) is 4.72. The van der Waals surface area contributed by atoms with Crippen molar-refractivity contribution in [1.29, 1.82) is 0 Å². The molecular formula is C13H16ClNO3. The number of halogens is 1. The van der Waals surface area contributed by atoms with E-state index in [0.717, 1.165) is 12.1 Å². The van der Waals surface area contributed by atoms with E-state index >= 15 is 0 Å². The van der Waals surface area contributed by atoms with Crippen molar-refractivity contribution in [2.75, 3.05) is 24.7 Å². The highest BCUT2D eigenvalue weighted by molar-refractivity contribution is 6.30. The molecule has 18 heavy (non-hydrogen) atoms. The van der Waals surface area contributed by atoms with Gasteiger partial charge >= 0.3 is 0 Å². The molecule has 1 saturated heterocycles. The number of amides is 1. The molecule has 1 amide bonds. The Morgan fingerprint density at radius 2 is 2.11 bits per heavy atom. The lowest BCUT2D eigenvalue weighted by molar-refractivity contribution is -0.129. The topological polar surface area (TPSA) is 49.8 Å². The van der Waals surface area contributed by atoms with Crippen molar-refractivity contribution in [3.63, 3.8) is 0 Å². The van der Waals surface area contributed by atoms with Gasteiger partial charge in [-0.2, -0.15) is 0 Å². The number of anilines is 1. The van der Waals surface area contributed by atoms with Crippen molar-refractivity contribution in [1.82, 2.24) is 0 Å². The first-order valence-electron chi connectivity index (χ1n) is 5.99. The Labute approximate surface area is 111 Å². The number of rotatable bonds is 4. The summed E-state index contributed by atoms with van der Waals surface area (Å²) in [7, 11) is 0. The van der Waals surface area contributed by atoms with Gasteiger partial charge in [0.1, 0.15) is 6.61 Å². The largest absolute Gasteiger partial charge is 0.396 e. The molecule has 5 heteroatoms. The molecule has 1 N–H and O–H groups in total. The van der Waals surface area contributed by atoms with Gasteiger partial charge in [-0.15, -0.1) is 0 Å². The summed E-state index contributed by atoms with van der Waals surface area (Å²) in [5.74, 6) is -0.0439. The highest BCUT2D eigenvalue weighted by Crippen LogP contribution is 2.22. The van der Waals surface area contributed by atoms with Crippen LogP contribution in [0.25, 0.3) is 0 Å². The van der Waals surface area contributed by atoms with E-state index in [-0.39, 0.29) is 25.2 Å². The molecule has 0 aliphatic carbocycles. The summed E-state index contributed by atoms with van der Waals surface area (Å²) in [6.07, 6.45) is 1.44. The van der Waals surface area contributed by atoms with Crippen molar-refractivity contribution in [2.24, 2.45) is 0 Å². The Morgan fingerprint density at radius 3 is 2.78 bits per heavy atom. The van der Waals surface area contributed by atoms with Gasteiger partial charge in [0.05, 0.1) is 12.6 Å². The van der Waals surface area contributed by atoms with Crippen molar-refractivity contribution in [3.05, 3.63) is 29.3 Å². The monoisotopic (exact) mass is 269 g/mol. The fourth-order valence-electron chi connectivity index (χ4n) is 1.99. The molecule has 1 atom stereocenters. The molecule has 0 spiro atoms. The van der Waals surface area contributed by atoms with E-state index in [2.05, 4.69) is 0 Å². The lowest BCUT2D eigenvalue weighted by Crippen LogP contribution is -2.46. The standard InChI is InChI=1S/C13H16ClNO3/c14-10-3-5-11(6-4-10)15-8-12(2-1-7-16)18-9-13(15)17/h3-6,12,16H,1-2,7-9H2. The first-order valence-corrected chi connectivity index (χ1v) is 6.37. The first kappa shape index (κ1) is 13.3. The molecule has 0 radical (unpaired) electrons. The quantitative estimate of drug-likeness (QED) is 0.907. The van der Waals surface area contributed by atoms with Crippen LogP contribution < -0.4 is 4.90 Å². The van der Waals surface area contributed by atoms with E-state index in [1.54, 1.807) is 17.0 Å². The van der Waals surface area contributed by atoms with Crippen LogP contribution in [-0.2, 0) is 9.53 Å². The smallest absolute Gasteiger partial charge is 0.253 e. The zero-order valence-electron chi connectivity index (χ0n) is 10.0. The van der Waals surface area contributed by atoms with Gasteiger partial charge in [0, 0.05) is 17.3 Å². The van der Waals surface area contributed by atoms with E-state index in [4.69, 9.17) is 21.4 Å². The third kappa shape index (κ3) is 3.22. The molecule has 1 aromatic rings. The van der Waals surface area contributed by atoms with Crippen LogP contribution in [0.1, 0.15) is 12.8 Å². The van der Waals surface area contributed by atoms with Crippen molar-refractivity contribution >= 4 is 23.2 Å². The number of hydrogen-bond acceptors (Lipinski definition) is 3. The van der Waals surface area contributed by atoms with Gasteiger partial charge in [-0.25, -0.2) is 0 Å². The molecule has 1 aliphatic rings. The average molecular weight is 270 g/mol. The summed E-state index contributed by atoms with van der Waals surface area (Å²) in [5.41, 5.74) is 0.835. The number of aliphatic hydroxyl groups excluding tert-OH is 1. The Morgan fingerprint density at radius 1 is 1.39 bits per heavy atom. The van der Waals surface area contributed by atoms with Gasteiger partial charge in [-0.3, -0.25) is 4.79 Å². The molecule has 1 aromatic carbocycles. The Hall–Kier alpha value is -1.10. The molecule has 4 nitrogen and oxygen atoms in total. The molecule has 1 aliphatic heterocycles. The number of nitrogens with zero attached hydrogens (tertiary/aromatic N) is 1. The summed E-state index contributed by atoms with van der Waals surface area (Å²) in [5, 5.41) is 9.46. The predicted molar refractivity (Wildman–Crippen MR) is 69.9 cm³/mol. The molecule has 0 saturated carbocycles. The van der Waals surface area contributed by atoms with Gasteiger partial charge in [-0.05, 0) is 37.1 Å². The van der Waals surface area contributed by atoms with Crippen LogP contribution in [0.4, 0.5) is 5.69 Å². The maximum atomic E-state index is 11.8. The van der Waals surface area contributed by atoms with Crippen LogP contribution in [0, 0.1) is 0 Å². The highest BCUT2D eigenvalue weighted by Gasteiger charge is 2.26. The van der Waals surface area contributed by atoms with E-state index < -0.39 is 0 Å². The number of ether oxygens (including phenoxy) is 1. The maximum absolute atomic E-state index is 11.8. The third-order valence-corrected chi connectivity index (χ3v) is 3.20. The van der Waals surface area contributed by atoms with Crippen LogP contribution >= 0.6 is 11.6 Å². The Bertz CT molecular complexity index is 407. The van der Waals surface area contributed by atoms with Crippen molar-refractivity contribution < 1.29 is 14.6 Å². The predicted octanol–water partition coefficient (Wildman–Crippen LogP) is 1.84. The Kier molecular flexibility index (Phi) is 4.58. The molecule has 2 rings (SSSR count). The summed E-state index contributed by atoms with van der Waals surface area (Å²) < 4.78 is 5.44. The number of benzene rings is 1. The minimum atomic E-state index is -0.0439. The highest BCUT2D eigenvalue weighted by atomic mass is 35.5. The summed E-state index contributed by atoms with van der Waals surface area (Å²) >= 11 is 5.83. The van der Waals surface area contributed by atoms with E-state index in [1.807, 2.05) is 12.1 Å². The molecule has 98 valence electrons. The van der Waals surface area contributed by atoms with E-state index in [0.29, 0.717) is 18.0 Å². The summed E-state index contributed by atoms with van der Waals surface area (Å²) in [6.45, 7) is 0.772. The maximum Gasteiger partial charge on any atom is 0.253 e. The van der Waals surface area contributed by atoms with Crippen molar-refractivity contribution in [2.45, 2.75) is 18.9 Å². The lowest BCUT2D eigenvalue weighted by atomic mass is 10.1. The molecule has 0 aromatic heterocycles. The molecule has 1 heterocycles. The van der Waals surface area contributed by atoms with Crippen LogP contribution in [0.3, 0.4) is 0 Å². The molecular weight excluding hydrogens is 254 g/mol. The van der Waals surface area contributed by atoms with Crippen LogP contribution in [0.15, 0.2) is 24.3 Å². The van der Waals surface area contributed by atoms with Gasteiger partial charge in [0.2, 0.25) is 0 Å². The second-order valence-electron chi connectivity index (χ2n) is 4.28. The Balaban J connectivity index is 2.05. The third-order valence-electron chi connectivity index (χ3n) is 2.95. The van der Waals surface area contributed by atoms with Gasteiger partial charge in [0.15, 0.2) is 0 Å². The minimum absolute atomic E-state index is 0.00877. The minimum Gasteiger partial charge on any atom is -0.396 e. The fraction of sp³-hybridized carbons (Fsp3) is 0.462. The van der Waals surface area contributed by atoms with Gasteiger partial charge in [0.25, 0.3) is 5.91 Å². The number of hydrogen-bond donors (Lipinski definition) is 1. The lowest BCUT2D eigenvalue weighted by Gasteiger charge is -2.32. The zero-order chi connectivity index (χ0) is 13.0. The molecule has 1 fully saturated rings. The first-order chi connectivity index (χ1) is 8.70. The molecule has 0 bridgehead atoms. The normalized spacial score (nSPS) is 20.2. The SMILES string of the molecule is O=C1COC(CCCO)CN1c1ccc(Cl)cc1. The fourth-order valence-corrected chi connectivity index (χ4v) is 2.12. The number of morpholine rings is 1. The van der Waals surface area contributed by atoms with E-state index in [9.17, 15) is 4.79 Å². The second kappa shape index (κ2) is 6.18. The van der Waals surface area contributed by atoms with Crippen LogP contribution in [-0.4, -0.2) is 36.9 Å².